The molecule has 0 unspecified atom stereocenters. The lowest BCUT2D eigenvalue weighted by molar-refractivity contribution is 0.652. The molecule has 0 spiro atoms. The van der Waals surface area contributed by atoms with Crippen LogP contribution in [0.4, 0.5) is 17.1 Å². The third-order valence-corrected chi connectivity index (χ3v) is 10.5. The Morgan fingerprint density at radius 2 is 0.911 bits per heavy atom. The average molecular weight is 584 g/mol. The highest BCUT2D eigenvalue weighted by Gasteiger charge is 2.42. The van der Waals surface area contributed by atoms with E-state index in [4.69, 9.17) is 0 Å². The monoisotopic (exact) mass is 583 g/mol. The van der Waals surface area contributed by atoms with Gasteiger partial charge in [0.2, 0.25) is 0 Å². The van der Waals surface area contributed by atoms with Gasteiger partial charge in [-0.3, -0.25) is 0 Å². The van der Waals surface area contributed by atoms with E-state index in [2.05, 4.69) is 163 Å². The number of aryl methyl sites for hydroxylation is 4. The van der Waals surface area contributed by atoms with Crippen molar-refractivity contribution in [2.24, 2.45) is 0 Å². The van der Waals surface area contributed by atoms with Crippen LogP contribution in [0, 0.1) is 27.7 Å². The maximum absolute atomic E-state index is 2.54. The number of hydrogen-bond acceptors (Lipinski definition) is 1. The van der Waals surface area contributed by atoms with Gasteiger partial charge in [0, 0.05) is 27.6 Å². The molecule has 2 aliphatic rings. The molecule has 1 heteroatoms. The van der Waals surface area contributed by atoms with Crippen molar-refractivity contribution in [1.82, 2.24) is 0 Å². The lowest BCUT2D eigenvalue weighted by Gasteiger charge is -2.30. The van der Waals surface area contributed by atoms with Gasteiger partial charge in [0.25, 0.3) is 0 Å². The summed E-state index contributed by atoms with van der Waals surface area (Å²) in [5, 5.41) is 2.60. The van der Waals surface area contributed by atoms with Crippen molar-refractivity contribution >= 4 is 27.8 Å². The van der Waals surface area contributed by atoms with E-state index in [1.807, 2.05) is 0 Å². The van der Waals surface area contributed by atoms with Crippen LogP contribution >= 0.6 is 0 Å². The molecular formula is C44H41N. The van der Waals surface area contributed by atoms with Gasteiger partial charge in [-0.05, 0) is 142 Å². The van der Waals surface area contributed by atoms with Crippen LogP contribution < -0.4 is 4.90 Å². The predicted octanol–water partition coefficient (Wildman–Crippen LogP) is 12.2. The minimum atomic E-state index is -0.156. The second-order valence-corrected chi connectivity index (χ2v) is 14.6. The Hall–Kier alpha value is -4.62. The first kappa shape index (κ1) is 27.9. The van der Waals surface area contributed by atoms with Gasteiger partial charge in [-0.15, -0.1) is 0 Å². The minimum absolute atomic E-state index is 0.0353. The van der Waals surface area contributed by atoms with E-state index in [0.717, 1.165) is 0 Å². The highest BCUT2D eigenvalue weighted by Crippen LogP contribution is 2.58. The van der Waals surface area contributed by atoms with E-state index in [0.29, 0.717) is 0 Å². The minimum Gasteiger partial charge on any atom is -0.310 e. The van der Waals surface area contributed by atoms with Crippen molar-refractivity contribution in [2.45, 2.75) is 66.2 Å². The average Bonchev–Trinajstić information content (AvgIpc) is 3.35. The lowest BCUT2D eigenvalue weighted by Crippen LogP contribution is -2.18. The Kier molecular flexibility index (Phi) is 5.85. The molecule has 6 aromatic rings. The second-order valence-electron chi connectivity index (χ2n) is 14.6. The number of hydrogen-bond donors (Lipinski definition) is 0. The van der Waals surface area contributed by atoms with Crippen molar-refractivity contribution in [1.29, 1.82) is 0 Å². The fourth-order valence-electron chi connectivity index (χ4n) is 8.53. The summed E-state index contributed by atoms with van der Waals surface area (Å²) in [5.41, 5.74) is 19.8. The molecule has 0 radical (unpaired) electrons. The Bertz CT molecular complexity index is 2120. The molecule has 0 N–H and O–H groups in total. The summed E-state index contributed by atoms with van der Waals surface area (Å²) in [6, 6.07) is 39.5. The Balaban J connectivity index is 1.44. The zero-order valence-corrected chi connectivity index (χ0v) is 27.8. The quantitative estimate of drug-likeness (QED) is 0.200. The van der Waals surface area contributed by atoms with Crippen LogP contribution in [0.25, 0.3) is 33.0 Å². The van der Waals surface area contributed by atoms with Crippen LogP contribution in [0.2, 0.25) is 0 Å². The maximum Gasteiger partial charge on any atom is 0.0543 e. The molecule has 6 aromatic carbocycles. The van der Waals surface area contributed by atoms with E-state index in [1.165, 1.54) is 94.6 Å². The molecule has 0 aromatic heterocycles. The van der Waals surface area contributed by atoms with Crippen molar-refractivity contribution in [3.8, 4) is 22.3 Å². The molecule has 222 valence electrons. The number of fused-ring (bicyclic) bond motifs is 8. The Morgan fingerprint density at radius 1 is 0.422 bits per heavy atom. The fourth-order valence-corrected chi connectivity index (χ4v) is 8.53. The molecule has 45 heavy (non-hydrogen) atoms. The topological polar surface area (TPSA) is 3.24 Å². The molecular weight excluding hydrogens is 542 g/mol. The largest absolute Gasteiger partial charge is 0.310 e. The van der Waals surface area contributed by atoms with E-state index in [-0.39, 0.29) is 10.8 Å². The molecule has 0 aliphatic heterocycles. The standard InChI is InChI=1S/C44H41N/c1-26-17-27(2)20-30(19-26)45(31-21-28(3)18-29(4)22-31)41-25-40-42(34-15-10-9-14-33(34)41)36-24-38-35(23-39(36)44(40,7)8)32-13-11-12-16-37(32)43(38,5)6/h9-25H,1-8H3. The van der Waals surface area contributed by atoms with Gasteiger partial charge in [0.15, 0.2) is 0 Å². The molecule has 0 saturated heterocycles. The van der Waals surface area contributed by atoms with Gasteiger partial charge < -0.3 is 4.90 Å². The Labute approximate surface area is 268 Å². The van der Waals surface area contributed by atoms with Gasteiger partial charge in [-0.1, -0.05) is 88.4 Å². The summed E-state index contributed by atoms with van der Waals surface area (Å²) in [6.07, 6.45) is 0. The summed E-state index contributed by atoms with van der Waals surface area (Å²) >= 11 is 0. The van der Waals surface area contributed by atoms with Crippen molar-refractivity contribution < 1.29 is 0 Å². The van der Waals surface area contributed by atoms with Crippen LogP contribution in [0.1, 0.15) is 72.2 Å². The first-order chi connectivity index (χ1) is 21.4. The van der Waals surface area contributed by atoms with Gasteiger partial charge in [-0.25, -0.2) is 0 Å². The van der Waals surface area contributed by atoms with Crippen LogP contribution in [-0.2, 0) is 10.8 Å². The summed E-state index contributed by atoms with van der Waals surface area (Å²) < 4.78 is 0. The summed E-state index contributed by atoms with van der Waals surface area (Å²) in [6.45, 7) is 18.4. The van der Waals surface area contributed by atoms with Crippen LogP contribution in [0.5, 0.6) is 0 Å². The van der Waals surface area contributed by atoms with E-state index in [1.54, 1.807) is 0 Å². The summed E-state index contributed by atoms with van der Waals surface area (Å²) in [7, 11) is 0. The number of rotatable bonds is 3. The molecule has 2 aliphatic carbocycles. The van der Waals surface area contributed by atoms with Crippen molar-refractivity contribution in [3.05, 3.63) is 148 Å². The molecule has 0 heterocycles. The van der Waals surface area contributed by atoms with Crippen molar-refractivity contribution in [3.63, 3.8) is 0 Å². The molecule has 0 fully saturated rings. The predicted molar refractivity (Wildman–Crippen MR) is 193 cm³/mol. The molecule has 0 amide bonds. The van der Waals surface area contributed by atoms with Crippen molar-refractivity contribution in [2.75, 3.05) is 4.90 Å². The van der Waals surface area contributed by atoms with E-state index >= 15 is 0 Å². The molecule has 0 bridgehead atoms. The normalized spacial score (nSPS) is 15.0. The first-order valence-corrected chi connectivity index (χ1v) is 16.3. The van der Waals surface area contributed by atoms with E-state index < -0.39 is 0 Å². The number of nitrogens with zero attached hydrogens (tertiary/aromatic N) is 1. The highest BCUT2D eigenvalue weighted by molar-refractivity contribution is 6.10. The second kappa shape index (κ2) is 9.44. The number of anilines is 3. The Morgan fingerprint density at radius 3 is 1.53 bits per heavy atom. The highest BCUT2D eigenvalue weighted by atomic mass is 15.1. The van der Waals surface area contributed by atoms with Crippen LogP contribution in [-0.4, -0.2) is 0 Å². The first-order valence-electron chi connectivity index (χ1n) is 16.3. The zero-order valence-electron chi connectivity index (χ0n) is 27.8. The van der Waals surface area contributed by atoms with Gasteiger partial charge >= 0.3 is 0 Å². The molecule has 0 saturated carbocycles. The SMILES string of the molecule is Cc1cc(C)cc(N(c2cc(C)cc(C)c2)c2cc3c(c4ccccc24)-c2cc4c(cc2C3(C)C)-c2ccccc2C4(C)C)c1. The zero-order chi connectivity index (χ0) is 31.4. The maximum atomic E-state index is 2.54. The molecule has 1 nitrogen and oxygen atoms in total. The van der Waals surface area contributed by atoms with Gasteiger partial charge in [0.1, 0.15) is 0 Å². The molecule has 0 atom stereocenters. The third-order valence-electron chi connectivity index (χ3n) is 10.5. The smallest absolute Gasteiger partial charge is 0.0543 e. The molecule has 8 rings (SSSR count). The third kappa shape index (κ3) is 3.99. The summed E-state index contributed by atoms with van der Waals surface area (Å²) in [5.74, 6) is 0. The number of benzene rings is 6. The van der Waals surface area contributed by atoms with Gasteiger partial charge in [0.05, 0.1) is 5.69 Å². The van der Waals surface area contributed by atoms with Crippen LogP contribution in [0.15, 0.2) is 103 Å². The van der Waals surface area contributed by atoms with E-state index in [9.17, 15) is 0 Å². The lowest BCUT2D eigenvalue weighted by atomic mass is 9.79. The fraction of sp³-hybridized carbons (Fsp3) is 0.227. The summed E-state index contributed by atoms with van der Waals surface area (Å²) in [4.78, 5) is 2.50. The van der Waals surface area contributed by atoms with Crippen LogP contribution in [0.3, 0.4) is 0 Å². The van der Waals surface area contributed by atoms with Gasteiger partial charge in [-0.2, -0.15) is 0 Å².